The maximum atomic E-state index is 12.7. The Balaban J connectivity index is 2.54. The van der Waals surface area contributed by atoms with E-state index in [1.165, 1.54) is 49.9 Å². The Morgan fingerprint density at radius 3 is 1.97 bits per heavy atom. The van der Waals surface area contributed by atoms with Gasteiger partial charge in [0.15, 0.2) is 0 Å². The summed E-state index contributed by atoms with van der Waals surface area (Å²) in [6, 6.07) is 4.29. The van der Waals surface area contributed by atoms with Crippen LogP contribution in [-0.4, -0.2) is 48.1 Å². The Kier molecular flexibility index (Phi) is 16.4. The summed E-state index contributed by atoms with van der Waals surface area (Å²) in [5.41, 5.74) is 0.526. The fourth-order valence-electron chi connectivity index (χ4n) is 3.67. The normalized spacial score (nSPS) is 11.4. The van der Waals surface area contributed by atoms with E-state index in [0.717, 1.165) is 44.9 Å². The molecule has 202 valence electrons. The van der Waals surface area contributed by atoms with Gasteiger partial charge in [-0.2, -0.15) is 0 Å². The van der Waals surface area contributed by atoms with E-state index in [1.54, 1.807) is 0 Å². The Morgan fingerprint density at radius 1 is 0.778 bits per heavy atom. The van der Waals surface area contributed by atoms with Gasteiger partial charge < -0.3 is 26.4 Å². The molecule has 0 saturated carbocycles. The summed E-state index contributed by atoms with van der Waals surface area (Å²) in [5, 5.41) is 19.8. The van der Waals surface area contributed by atoms with Crippen LogP contribution in [0.25, 0.3) is 0 Å². The maximum Gasteiger partial charge on any atom is 0.335 e. The molecule has 1 aromatic rings. The van der Waals surface area contributed by atoms with Gasteiger partial charge in [0, 0.05) is 25.2 Å². The van der Waals surface area contributed by atoms with Crippen LogP contribution in [0.4, 0.5) is 10.5 Å². The van der Waals surface area contributed by atoms with Crippen molar-refractivity contribution in [1.29, 1.82) is 0 Å². The zero-order valence-corrected chi connectivity index (χ0v) is 21.9. The largest absolute Gasteiger partial charge is 0.478 e. The molecule has 4 amide bonds. The van der Waals surface area contributed by atoms with E-state index in [0.29, 0.717) is 18.7 Å². The van der Waals surface area contributed by atoms with E-state index in [4.69, 9.17) is 5.11 Å². The van der Waals surface area contributed by atoms with Gasteiger partial charge in [-0.25, -0.2) is 9.59 Å². The van der Waals surface area contributed by atoms with Gasteiger partial charge in [-0.1, -0.05) is 71.6 Å². The lowest BCUT2D eigenvalue weighted by molar-refractivity contribution is -0.128. The Labute approximate surface area is 215 Å². The van der Waals surface area contributed by atoms with Crippen LogP contribution in [-0.2, 0) is 9.59 Å². The van der Waals surface area contributed by atoms with Gasteiger partial charge in [-0.15, -0.1) is 0 Å². The molecule has 1 aromatic carbocycles. The highest BCUT2D eigenvalue weighted by atomic mass is 16.4. The number of rotatable bonds is 19. The Bertz CT molecular complexity index is 798. The number of benzene rings is 1. The Hall–Kier alpha value is -3.10. The molecular formula is C27H44N4O5. The zero-order chi connectivity index (χ0) is 26.6. The van der Waals surface area contributed by atoms with Gasteiger partial charge in [-0.3, -0.25) is 9.59 Å². The average molecular weight is 505 g/mol. The summed E-state index contributed by atoms with van der Waals surface area (Å²) >= 11 is 0. The van der Waals surface area contributed by atoms with Crippen LogP contribution in [0, 0.1) is 0 Å². The van der Waals surface area contributed by atoms with Crippen LogP contribution in [0.5, 0.6) is 0 Å². The first-order chi connectivity index (χ1) is 17.4. The number of amides is 4. The topological polar surface area (TPSA) is 137 Å². The molecule has 1 atom stereocenters. The van der Waals surface area contributed by atoms with Crippen LogP contribution in [0.2, 0.25) is 0 Å². The second-order valence-electron chi connectivity index (χ2n) is 9.06. The van der Waals surface area contributed by atoms with Crippen molar-refractivity contribution in [2.24, 2.45) is 0 Å². The average Bonchev–Trinajstić information content (AvgIpc) is 2.86. The summed E-state index contributed by atoms with van der Waals surface area (Å²) in [7, 11) is 0. The quantitative estimate of drug-likeness (QED) is 0.172. The van der Waals surface area contributed by atoms with Gasteiger partial charge in [0.1, 0.15) is 6.04 Å². The van der Waals surface area contributed by atoms with E-state index in [-0.39, 0.29) is 23.9 Å². The highest BCUT2D eigenvalue weighted by molar-refractivity contribution is 5.92. The molecule has 0 aliphatic rings. The first kappa shape index (κ1) is 30.9. The Morgan fingerprint density at radius 2 is 1.36 bits per heavy atom. The minimum Gasteiger partial charge on any atom is -0.478 e. The predicted octanol–water partition coefficient (Wildman–Crippen LogP) is 4.83. The lowest BCUT2D eigenvalue weighted by Gasteiger charge is -2.19. The summed E-state index contributed by atoms with van der Waals surface area (Å²) in [6.07, 6.45) is 12.1. The van der Waals surface area contributed by atoms with Crippen LogP contribution in [0.15, 0.2) is 24.3 Å². The number of unbranched alkanes of at least 4 members (excludes halogenated alkanes) is 9. The maximum absolute atomic E-state index is 12.7. The van der Waals surface area contributed by atoms with Gasteiger partial charge >= 0.3 is 12.0 Å². The summed E-state index contributed by atoms with van der Waals surface area (Å²) in [6.45, 7) is 4.75. The SMILES string of the molecule is CCCCCCCCCC(=O)N[C@@H](CNC(=O)Nc1ccc(C(=O)O)cc1)C(=O)NCCCCCC. The number of urea groups is 1. The molecule has 0 radical (unpaired) electrons. The lowest BCUT2D eigenvalue weighted by atomic mass is 10.1. The molecular weight excluding hydrogens is 460 g/mol. The van der Waals surface area contributed by atoms with Crippen molar-refractivity contribution in [2.75, 3.05) is 18.4 Å². The zero-order valence-electron chi connectivity index (χ0n) is 21.9. The number of anilines is 1. The minimum absolute atomic E-state index is 0.0669. The lowest BCUT2D eigenvalue weighted by Crippen LogP contribution is -2.53. The number of carboxylic acid groups (broad SMARTS) is 1. The smallest absolute Gasteiger partial charge is 0.335 e. The number of hydrogen-bond acceptors (Lipinski definition) is 4. The van der Waals surface area contributed by atoms with Crippen molar-refractivity contribution in [3.63, 3.8) is 0 Å². The van der Waals surface area contributed by atoms with E-state index < -0.39 is 18.0 Å². The molecule has 0 aliphatic carbocycles. The van der Waals surface area contributed by atoms with Gasteiger partial charge in [0.2, 0.25) is 11.8 Å². The summed E-state index contributed by atoms with van der Waals surface area (Å²) in [4.78, 5) is 48.4. The molecule has 36 heavy (non-hydrogen) atoms. The molecule has 0 heterocycles. The van der Waals surface area contributed by atoms with Crippen molar-refractivity contribution in [1.82, 2.24) is 16.0 Å². The molecule has 0 fully saturated rings. The van der Waals surface area contributed by atoms with E-state index in [2.05, 4.69) is 35.1 Å². The van der Waals surface area contributed by atoms with Crippen molar-refractivity contribution in [3.05, 3.63) is 29.8 Å². The first-order valence-electron chi connectivity index (χ1n) is 13.3. The van der Waals surface area contributed by atoms with Crippen molar-refractivity contribution in [3.8, 4) is 0 Å². The third-order valence-corrected chi connectivity index (χ3v) is 5.85. The predicted molar refractivity (Wildman–Crippen MR) is 142 cm³/mol. The number of hydrogen-bond donors (Lipinski definition) is 5. The monoisotopic (exact) mass is 504 g/mol. The van der Waals surface area contributed by atoms with Gasteiger partial charge in [-0.05, 0) is 37.1 Å². The van der Waals surface area contributed by atoms with Crippen LogP contribution in [0.1, 0.15) is 101 Å². The minimum atomic E-state index is -1.05. The van der Waals surface area contributed by atoms with Crippen molar-refractivity contribution < 1.29 is 24.3 Å². The highest BCUT2D eigenvalue weighted by Gasteiger charge is 2.21. The fourth-order valence-corrected chi connectivity index (χ4v) is 3.67. The fraction of sp³-hybridized carbons (Fsp3) is 0.630. The number of carbonyl (C=O) groups excluding carboxylic acids is 3. The molecule has 0 aromatic heterocycles. The summed E-state index contributed by atoms with van der Waals surface area (Å²) in [5.74, 6) is -1.59. The third kappa shape index (κ3) is 14.3. The van der Waals surface area contributed by atoms with E-state index in [1.807, 2.05) is 0 Å². The van der Waals surface area contributed by atoms with Crippen molar-refractivity contribution >= 4 is 29.5 Å². The van der Waals surface area contributed by atoms with Crippen LogP contribution < -0.4 is 21.3 Å². The molecule has 9 nitrogen and oxygen atoms in total. The second-order valence-corrected chi connectivity index (χ2v) is 9.06. The van der Waals surface area contributed by atoms with E-state index in [9.17, 15) is 19.2 Å². The van der Waals surface area contributed by atoms with Crippen molar-refractivity contribution in [2.45, 2.75) is 96.9 Å². The highest BCUT2D eigenvalue weighted by Crippen LogP contribution is 2.10. The second kappa shape index (κ2) is 19.1. The van der Waals surface area contributed by atoms with Crippen LogP contribution in [0.3, 0.4) is 0 Å². The molecule has 0 spiro atoms. The van der Waals surface area contributed by atoms with E-state index >= 15 is 0 Å². The summed E-state index contributed by atoms with van der Waals surface area (Å²) < 4.78 is 0. The number of aromatic carboxylic acids is 1. The molecule has 0 unspecified atom stereocenters. The van der Waals surface area contributed by atoms with Crippen LogP contribution >= 0.6 is 0 Å². The number of nitrogens with one attached hydrogen (secondary N) is 4. The third-order valence-electron chi connectivity index (χ3n) is 5.85. The molecule has 1 rings (SSSR count). The number of carbonyl (C=O) groups is 4. The standard InChI is InChI=1S/C27H44N4O5/c1-3-5-7-9-10-11-12-14-24(32)31-23(25(33)28-19-13-8-6-4-2)20-29-27(36)30-22-17-15-21(16-18-22)26(34)35/h15-18,23H,3-14,19-20H2,1-2H3,(H,28,33)(H,31,32)(H,34,35)(H2,29,30,36)/t23-/m0/s1. The molecule has 0 bridgehead atoms. The van der Waals surface area contributed by atoms with Gasteiger partial charge in [0.25, 0.3) is 0 Å². The first-order valence-corrected chi connectivity index (χ1v) is 13.3. The number of carboxylic acids is 1. The van der Waals surface area contributed by atoms with Gasteiger partial charge in [0.05, 0.1) is 5.56 Å². The molecule has 5 N–H and O–H groups in total. The molecule has 9 heteroatoms. The molecule has 0 saturated heterocycles. The molecule has 0 aliphatic heterocycles.